The summed E-state index contributed by atoms with van der Waals surface area (Å²) >= 11 is 1.50. The van der Waals surface area contributed by atoms with Gasteiger partial charge in [0.2, 0.25) is 15.9 Å². The van der Waals surface area contributed by atoms with Crippen LogP contribution < -0.4 is 9.47 Å². The first-order chi connectivity index (χ1) is 16.0. The molecule has 0 atom stereocenters. The number of fused-ring (bicyclic) bond motifs is 2. The van der Waals surface area contributed by atoms with Crippen molar-refractivity contribution in [1.82, 2.24) is 9.21 Å². The molecular weight excluding hydrogens is 460 g/mol. The maximum atomic E-state index is 13.1. The van der Waals surface area contributed by atoms with E-state index in [-0.39, 0.29) is 23.9 Å². The number of benzene rings is 3. The molecule has 0 saturated carbocycles. The van der Waals surface area contributed by atoms with E-state index in [4.69, 9.17) is 9.47 Å². The Hall–Kier alpha value is -2.75. The van der Waals surface area contributed by atoms with E-state index >= 15 is 0 Å². The van der Waals surface area contributed by atoms with E-state index in [0.29, 0.717) is 43.6 Å². The minimum atomic E-state index is -3.67. The van der Waals surface area contributed by atoms with E-state index in [2.05, 4.69) is 24.3 Å². The van der Waals surface area contributed by atoms with Crippen molar-refractivity contribution in [2.45, 2.75) is 9.79 Å². The number of ether oxygens (including phenoxy) is 2. The predicted octanol–water partition coefficient (Wildman–Crippen LogP) is 3.24. The second-order valence-corrected chi connectivity index (χ2v) is 10.9. The van der Waals surface area contributed by atoms with Gasteiger partial charge in [-0.25, -0.2) is 8.42 Å². The van der Waals surface area contributed by atoms with Gasteiger partial charge in [0.05, 0.1) is 10.6 Å². The first-order valence-corrected chi connectivity index (χ1v) is 13.2. The molecule has 1 fully saturated rings. The third kappa shape index (κ3) is 4.66. The van der Waals surface area contributed by atoms with E-state index in [1.54, 1.807) is 17.0 Å². The van der Waals surface area contributed by atoms with Crippen molar-refractivity contribution in [3.63, 3.8) is 0 Å². The van der Waals surface area contributed by atoms with Crippen molar-refractivity contribution in [2.24, 2.45) is 0 Å². The molecule has 1 saturated heterocycles. The Morgan fingerprint density at radius 3 is 2.36 bits per heavy atom. The van der Waals surface area contributed by atoms with E-state index < -0.39 is 10.0 Å². The number of carbonyl (C=O) groups excluding carboxylic acids is 1. The molecular formula is C24H24N2O5S2. The molecule has 0 aliphatic carbocycles. The highest BCUT2D eigenvalue weighted by molar-refractivity contribution is 8.00. The van der Waals surface area contributed by atoms with Gasteiger partial charge in [-0.3, -0.25) is 4.79 Å². The summed E-state index contributed by atoms with van der Waals surface area (Å²) in [6, 6.07) is 19.0. The van der Waals surface area contributed by atoms with Gasteiger partial charge in [-0.05, 0) is 35.0 Å². The van der Waals surface area contributed by atoms with Crippen molar-refractivity contribution < 1.29 is 22.7 Å². The quantitative estimate of drug-likeness (QED) is 0.518. The molecule has 2 heterocycles. The van der Waals surface area contributed by atoms with Gasteiger partial charge in [-0.15, -0.1) is 11.8 Å². The van der Waals surface area contributed by atoms with E-state index in [0.717, 1.165) is 10.3 Å². The van der Waals surface area contributed by atoms with Crippen molar-refractivity contribution in [3.05, 3.63) is 60.7 Å². The van der Waals surface area contributed by atoms with E-state index in [9.17, 15) is 13.2 Å². The second-order valence-electron chi connectivity index (χ2n) is 7.89. The van der Waals surface area contributed by atoms with Crippen LogP contribution in [0.3, 0.4) is 0 Å². The molecule has 0 N–H and O–H groups in total. The molecule has 0 aromatic heterocycles. The van der Waals surface area contributed by atoms with Gasteiger partial charge in [0.1, 0.15) is 13.2 Å². The van der Waals surface area contributed by atoms with Crippen LogP contribution in [0.1, 0.15) is 0 Å². The van der Waals surface area contributed by atoms with Gasteiger partial charge in [-0.1, -0.05) is 30.3 Å². The Balaban J connectivity index is 1.18. The molecule has 1 amide bonds. The monoisotopic (exact) mass is 484 g/mol. The molecule has 0 bridgehead atoms. The zero-order chi connectivity index (χ0) is 22.8. The van der Waals surface area contributed by atoms with E-state index in [1.165, 1.54) is 27.5 Å². The Labute approximate surface area is 197 Å². The van der Waals surface area contributed by atoms with E-state index in [1.807, 2.05) is 18.2 Å². The average Bonchev–Trinajstić information content (AvgIpc) is 2.87. The molecule has 2 aliphatic heterocycles. The first-order valence-electron chi connectivity index (χ1n) is 10.8. The Kier molecular flexibility index (Phi) is 6.18. The fourth-order valence-corrected chi connectivity index (χ4v) is 6.29. The van der Waals surface area contributed by atoms with Crippen molar-refractivity contribution >= 4 is 38.5 Å². The zero-order valence-electron chi connectivity index (χ0n) is 18.0. The summed E-state index contributed by atoms with van der Waals surface area (Å²) < 4.78 is 38.6. The largest absolute Gasteiger partial charge is 0.486 e. The number of thioether (sulfide) groups is 1. The molecule has 7 nitrogen and oxygen atoms in total. The molecule has 0 unspecified atom stereocenters. The van der Waals surface area contributed by atoms with Crippen LogP contribution in [0.5, 0.6) is 11.5 Å². The summed E-state index contributed by atoms with van der Waals surface area (Å²) in [4.78, 5) is 15.7. The highest BCUT2D eigenvalue weighted by Crippen LogP contribution is 2.33. The van der Waals surface area contributed by atoms with Crippen molar-refractivity contribution in [1.29, 1.82) is 0 Å². The van der Waals surface area contributed by atoms with Crippen molar-refractivity contribution in [3.8, 4) is 11.5 Å². The lowest BCUT2D eigenvalue weighted by Gasteiger charge is -2.34. The molecule has 172 valence electrons. The number of amides is 1. The summed E-state index contributed by atoms with van der Waals surface area (Å²) in [5.41, 5.74) is 0. The van der Waals surface area contributed by atoms with Crippen LogP contribution in [0.15, 0.2) is 70.5 Å². The van der Waals surface area contributed by atoms with Gasteiger partial charge in [0.25, 0.3) is 0 Å². The number of nitrogens with zero attached hydrogens (tertiary/aromatic N) is 2. The zero-order valence-corrected chi connectivity index (χ0v) is 19.6. The normalized spacial score (nSPS) is 16.7. The Bertz CT molecular complexity index is 1290. The number of rotatable bonds is 5. The maximum Gasteiger partial charge on any atom is 0.243 e. The third-order valence-electron chi connectivity index (χ3n) is 5.83. The minimum Gasteiger partial charge on any atom is -0.486 e. The summed E-state index contributed by atoms with van der Waals surface area (Å²) in [6.45, 7) is 2.14. The second kappa shape index (κ2) is 9.24. The number of carbonyl (C=O) groups is 1. The minimum absolute atomic E-state index is 0.0181. The van der Waals surface area contributed by atoms with Crippen LogP contribution in [0.2, 0.25) is 0 Å². The summed E-state index contributed by atoms with van der Waals surface area (Å²) in [5, 5.41) is 2.32. The Morgan fingerprint density at radius 2 is 1.58 bits per heavy atom. The van der Waals surface area contributed by atoms with Gasteiger partial charge in [0.15, 0.2) is 11.5 Å². The summed E-state index contributed by atoms with van der Waals surface area (Å²) in [6.07, 6.45) is 0. The van der Waals surface area contributed by atoms with Gasteiger partial charge >= 0.3 is 0 Å². The van der Waals surface area contributed by atoms with Crippen LogP contribution in [0.25, 0.3) is 10.8 Å². The van der Waals surface area contributed by atoms with Crippen LogP contribution >= 0.6 is 11.8 Å². The fourth-order valence-electron chi connectivity index (χ4n) is 4.00. The number of hydrogen-bond acceptors (Lipinski definition) is 6. The van der Waals surface area contributed by atoms with Crippen LogP contribution in [0.4, 0.5) is 0 Å². The number of piperazine rings is 1. The topological polar surface area (TPSA) is 76.2 Å². The average molecular weight is 485 g/mol. The third-order valence-corrected chi connectivity index (χ3v) is 8.70. The van der Waals surface area contributed by atoms with Crippen LogP contribution in [-0.4, -0.2) is 68.7 Å². The standard InChI is InChI=1S/C24H24N2O5S2/c27-24(17-32-20-6-5-18-3-1-2-4-19(18)15-20)25-9-11-26(12-10-25)33(28,29)21-7-8-22-23(16-21)31-14-13-30-22/h1-8,15-16H,9-14,17H2. The highest BCUT2D eigenvalue weighted by Gasteiger charge is 2.31. The van der Waals surface area contributed by atoms with Crippen molar-refractivity contribution in [2.75, 3.05) is 45.1 Å². The molecule has 33 heavy (non-hydrogen) atoms. The summed E-state index contributed by atoms with van der Waals surface area (Å²) in [5.74, 6) is 1.35. The SMILES string of the molecule is O=C(CSc1ccc2ccccc2c1)N1CCN(S(=O)(=O)c2ccc3c(c2)OCCO3)CC1. The fraction of sp³-hybridized carbons (Fsp3) is 0.292. The molecule has 0 radical (unpaired) electrons. The van der Waals surface area contributed by atoms with Gasteiger partial charge in [0, 0.05) is 37.1 Å². The maximum absolute atomic E-state index is 13.1. The molecule has 3 aromatic rings. The van der Waals surface area contributed by atoms with Crippen LogP contribution in [-0.2, 0) is 14.8 Å². The summed E-state index contributed by atoms with van der Waals surface area (Å²) in [7, 11) is -3.67. The molecule has 9 heteroatoms. The molecule has 2 aliphatic rings. The lowest BCUT2D eigenvalue weighted by atomic mass is 10.1. The lowest BCUT2D eigenvalue weighted by molar-refractivity contribution is -0.129. The highest BCUT2D eigenvalue weighted by atomic mass is 32.2. The smallest absolute Gasteiger partial charge is 0.243 e. The number of sulfonamides is 1. The lowest BCUT2D eigenvalue weighted by Crippen LogP contribution is -2.50. The molecule has 5 rings (SSSR count). The first kappa shape index (κ1) is 22.1. The predicted molar refractivity (Wildman–Crippen MR) is 127 cm³/mol. The molecule has 0 spiro atoms. The van der Waals surface area contributed by atoms with Gasteiger partial charge in [-0.2, -0.15) is 4.31 Å². The van der Waals surface area contributed by atoms with Crippen LogP contribution in [0, 0.1) is 0 Å². The van der Waals surface area contributed by atoms with Gasteiger partial charge < -0.3 is 14.4 Å². The Morgan fingerprint density at radius 1 is 0.848 bits per heavy atom. The molecule has 3 aromatic carbocycles. The number of hydrogen-bond donors (Lipinski definition) is 0.